The third-order valence-corrected chi connectivity index (χ3v) is 3.65. The highest BCUT2D eigenvalue weighted by atomic mass is 19.1. The highest BCUT2D eigenvalue weighted by Gasteiger charge is 2.21. The van der Waals surface area contributed by atoms with Gasteiger partial charge in [0.15, 0.2) is 0 Å². The predicted octanol–water partition coefficient (Wildman–Crippen LogP) is 2.63. The first-order valence-corrected chi connectivity index (χ1v) is 7.24. The monoisotopic (exact) mass is 279 g/mol. The summed E-state index contributed by atoms with van der Waals surface area (Å²) in [5.74, 6) is -0.302. The van der Waals surface area contributed by atoms with E-state index in [0.717, 1.165) is 19.3 Å². The van der Waals surface area contributed by atoms with E-state index in [1.807, 2.05) is 0 Å². The lowest BCUT2D eigenvalue weighted by Gasteiger charge is -2.25. The van der Waals surface area contributed by atoms with Gasteiger partial charge in [-0.15, -0.1) is 0 Å². The molecule has 1 aromatic rings. The van der Waals surface area contributed by atoms with Crippen LogP contribution < -0.4 is 16.0 Å². The molecule has 0 aliphatic heterocycles. The Balaban J connectivity index is 2.05. The second-order valence-corrected chi connectivity index (χ2v) is 5.20. The molecule has 110 valence electrons. The number of hydrogen-bond acceptors (Lipinski definition) is 2. The lowest BCUT2D eigenvalue weighted by molar-refractivity contribution is 0.242. The van der Waals surface area contributed by atoms with Gasteiger partial charge in [-0.25, -0.2) is 9.18 Å². The van der Waals surface area contributed by atoms with Crippen molar-refractivity contribution in [3.05, 3.63) is 30.1 Å². The Kier molecular flexibility index (Phi) is 5.35. The number of carbonyl (C=O) groups is 1. The van der Waals surface area contributed by atoms with Crippen molar-refractivity contribution in [1.82, 2.24) is 5.32 Å². The Morgan fingerprint density at radius 3 is 2.55 bits per heavy atom. The van der Waals surface area contributed by atoms with Crippen LogP contribution in [-0.2, 0) is 0 Å². The third-order valence-electron chi connectivity index (χ3n) is 3.65. The standard InChI is InChI=1S/C15H22FN3O/c16-12-6-8-14(9-7-12)19(11-3-10-17)15(20)18-13-4-1-2-5-13/h6-9,13H,1-5,10-11,17H2,(H,18,20). The van der Waals surface area contributed by atoms with E-state index in [0.29, 0.717) is 18.8 Å². The largest absolute Gasteiger partial charge is 0.335 e. The van der Waals surface area contributed by atoms with E-state index in [9.17, 15) is 9.18 Å². The Morgan fingerprint density at radius 2 is 1.95 bits per heavy atom. The maximum Gasteiger partial charge on any atom is 0.322 e. The summed E-state index contributed by atoms with van der Waals surface area (Å²) < 4.78 is 13.0. The van der Waals surface area contributed by atoms with Crippen molar-refractivity contribution >= 4 is 11.7 Å². The smallest absolute Gasteiger partial charge is 0.322 e. The van der Waals surface area contributed by atoms with Crippen LogP contribution in [0.2, 0.25) is 0 Å². The van der Waals surface area contributed by atoms with Gasteiger partial charge in [0.25, 0.3) is 0 Å². The van der Waals surface area contributed by atoms with Gasteiger partial charge in [0.1, 0.15) is 5.82 Å². The van der Waals surface area contributed by atoms with Gasteiger partial charge in [-0.2, -0.15) is 0 Å². The molecule has 0 bridgehead atoms. The number of nitrogens with one attached hydrogen (secondary N) is 1. The molecule has 1 aliphatic rings. The van der Waals surface area contributed by atoms with Gasteiger partial charge >= 0.3 is 6.03 Å². The minimum atomic E-state index is -0.302. The second kappa shape index (κ2) is 7.24. The van der Waals surface area contributed by atoms with Crippen LogP contribution in [0.3, 0.4) is 0 Å². The van der Waals surface area contributed by atoms with Crippen molar-refractivity contribution in [2.24, 2.45) is 5.73 Å². The molecule has 0 spiro atoms. The van der Waals surface area contributed by atoms with Crippen molar-refractivity contribution in [3.8, 4) is 0 Å². The minimum Gasteiger partial charge on any atom is -0.335 e. The molecular formula is C15H22FN3O. The van der Waals surface area contributed by atoms with Crippen molar-refractivity contribution in [2.75, 3.05) is 18.0 Å². The Hall–Kier alpha value is -1.62. The van der Waals surface area contributed by atoms with Crippen molar-refractivity contribution in [1.29, 1.82) is 0 Å². The summed E-state index contributed by atoms with van der Waals surface area (Å²) >= 11 is 0. The first kappa shape index (κ1) is 14.8. The molecule has 0 atom stereocenters. The van der Waals surface area contributed by atoms with Crippen LogP contribution in [0.5, 0.6) is 0 Å². The van der Waals surface area contributed by atoms with E-state index in [1.54, 1.807) is 17.0 Å². The predicted molar refractivity (Wildman–Crippen MR) is 78.2 cm³/mol. The van der Waals surface area contributed by atoms with Crippen molar-refractivity contribution in [2.45, 2.75) is 38.1 Å². The molecule has 5 heteroatoms. The van der Waals surface area contributed by atoms with E-state index in [1.165, 1.54) is 25.0 Å². The number of hydrogen-bond donors (Lipinski definition) is 2. The first-order valence-electron chi connectivity index (χ1n) is 7.24. The lowest BCUT2D eigenvalue weighted by atomic mass is 10.2. The van der Waals surface area contributed by atoms with Gasteiger partial charge in [-0.3, -0.25) is 4.90 Å². The van der Waals surface area contributed by atoms with Crippen LogP contribution in [-0.4, -0.2) is 25.2 Å². The van der Waals surface area contributed by atoms with Gasteiger partial charge < -0.3 is 11.1 Å². The van der Waals surface area contributed by atoms with Crippen LogP contribution in [0.1, 0.15) is 32.1 Å². The molecule has 2 amide bonds. The van der Waals surface area contributed by atoms with E-state index in [2.05, 4.69) is 5.32 Å². The van der Waals surface area contributed by atoms with E-state index < -0.39 is 0 Å². The van der Waals surface area contributed by atoms with Gasteiger partial charge in [-0.1, -0.05) is 12.8 Å². The number of urea groups is 1. The van der Waals surface area contributed by atoms with Crippen LogP contribution in [0, 0.1) is 5.82 Å². The van der Waals surface area contributed by atoms with E-state index >= 15 is 0 Å². The maximum absolute atomic E-state index is 13.0. The second-order valence-electron chi connectivity index (χ2n) is 5.20. The quantitative estimate of drug-likeness (QED) is 0.870. The Morgan fingerprint density at radius 1 is 1.30 bits per heavy atom. The van der Waals surface area contributed by atoms with Crippen LogP contribution in [0.25, 0.3) is 0 Å². The van der Waals surface area contributed by atoms with E-state index in [4.69, 9.17) is 5.73 Å². The first-order chi connectivity index (χ1) is 9.70. The third kappa shape index (κ3) is 3.93. The van der Waals surface area contributed by atoms with Gasteiger partial charge in [-0.05, 0) is 50.1 Å². The highest BCUT2D eigenvalue weighted by Crippen LogP contribution is 2.20. The summed E-state index contributed by atoms with van der Waals surface area (Å²) in [6.45, 7) is 1.06. The summed E-state index contributed by atoms with van der Waals surface area (Å²) in [7, 11) is 0. The number of halogens is 1. The normalized spacial score (nSPS) is 15.3. The Bertz CT molecular complexity index is 429. The molecule has 1 fully saturated rings. The fourth-order valence-corrected chi connectivity index (χ4v) is 2.54. The zero-order chi connectivity index (χ0) is 14.4. The summed E-state index contributed by atoms with van der Waals surface area (Å²) in [4.78, 5) is 14.0. The van der Waals surface area contributed by atoms with Gasteiger partial charge in [0, 0.05) is 18.3 Å². The fraction of sp³-hybridized carbons (Fsp3) is 0.533. The summed E-state index contributed by atoms with van der Waals surface area (Å²) in [5.41, 5.74) is 6.23. The SMILES string of the molecule is NCCCN(C(=O)NC1CCCC1)c1ccc(F)cc1. The number of benzene rings is 1. The molecule has 1 aliphatic carbocycles. The lowest BCUT2D eigenvalue weighted by Crippen LogP contribution is -2.45. The van der Waals surface area contributed by atoms with Gasteiger partial charge in [0.05, 0.1) is 0 Å². The summed E-state index contributed by atoms with van der Waals surface area (Å²) in [6.07, 6.45) is 5.14. The maximum atomic E-state index is 13.0. The van der Waals surface area contributed by atoms with Gasteiger partial charge in [0.2, 0.25) is 0 Å². The number of nitrogens with two attached hydrogens (primary N) is 1. The average molecular weight is 279 g/mol. The summed E-state index contributed by atoms with van der Waals surface area (Å²) in [5, 5.41) is 3.05. The minimum absolute atomic E-state index is 0.114. The Labute approximate surface area is 119 Å². The molecule has 0 aromatic heterocycles. The summed E-state index contributed by atoms with van der Waals surface area (Å²) in [6, 6.07) is 6.14. The van der Waals surface area contributed by atoms with Crippen LogP contribution in [0.4, 0.5) is 14.9 Å². The fourth-order valence-electron chi connectivity index (χ4n) is 2.54. The number of anilines is 1. The molecular weight excluding hydrogens is 257 g/mol. The molecule has 2 rings (SSSR count). The molecule has 20 heavy (non-hydrogen) atoms. The number of amides is 2. The number of carbonyl (C=O) groups excluding carboxylic acids is 1. The molecule has 0 radical (unpaired) electrons. The molecule has 0 heterocycles. The number of nitrogens with zero attached hydrogens (tertiary/aromatic N) is 1. The topological polar surface area (TPSA) is 58.4 Å². The van der Waals surface area contributed by atoms with Crippen LogP contribution >= 0.6 is 0 Å². The number of rotatable bonds is 5. The molecule has 0 saturated heterocycles. The molecule has 0 unspecified atom stereocenters. The molecule has 3 N–H and O–H groups in total. The zero-order valence-electron chi connectivity index (χ0n) is 11.6. The van der Waals surface area contributed by atoms with Crippen LogP contribution in [0.15, 0.2) is 24.3 Å². The van der Waals surface area contributed by atoms with Crippen molar-refractivity contribution < 1.29 is 9.18 Å². The zero-order valence-corrected chi connectivity index (χ0v) is 11.6. The molecule has 1 aromatic carbocycles. The highest BCUT2D eigenvalue weighted by molar-refractivity contribution is 5.92. The molecule has 1 saturated carbocycles. The molecule has 4 nitrogen and oxygen atoms in total. The van der Waals surface area contributed by atoms with Crippen molar-refractivity contribution in [3.63, 3.8) is 0 Å². The van der Waals surface area contributed by atoms with E-state index in [-0.39, 0.29) is 17.9 Å². The average Bonchev–Trinajstić information content (AvgIpc) is 2.94.